The number of hydrogen-bond acceptors (Lipinski definition) is 6. The molecule has 0 saturated carbocycles. The van der Waals surface area contributed by atoms with Crippen LogP contribution in [0.5, 0.6) is 5.75 Å². The molecule has 0 atom stereocenters. The van der Waals surface area contributed by atoms with E-state index in [1.54, 1.807) is 24.3 Å². The van der Waals surface area contributed by atoms with E-state index in [0.29, 0.717) is 17.9 Å². The van der Waals surface area contributed by atoms with E-state index in [2.05, 4.69) is 10.1 Å². The van der Waals surface area contributed by atoms with E-state index in [1.807, 2.05) is 30.3 Å². The fraction of sp³-hybridized carbons (Fsp3) is 0.118. The smallest absolute Gasteiger partial charge is 0.489 e. The Bertz CT molecular complexity index is 875. The lowest BCUT2D eigenvalue weighted by atomic mass is 10.1. The molecule has 3 aromatic rings. The first-order chi connectivity index (χ1) is 12.1. The molecular formula is C17H14N4O4. The first kappa shape index (κ1) is 16.3. The summed E-state index contributed by atoms with van der Waals surface area (Å²) in [6, 6.07) is 16.5. The molecule has 1 heterocycles. The molecule has 8 heteroatoms. The number of nitro groups is 1. The highest BCUT2D eigenvalue weighted by Gasteiger charge is 2.16. The Labute approximate surface area is 142 Å². The number of benzene rings is 2. The molecule has 0 aliphatic heterocycles. The number of rotatable bonds is 7. The number of carbonyl (C=O) groups is 1. The van der Waals surface area contributed by atoms with Gasteiger partial charge in [0.25, 0.3) is 0 Å². The molecule has 0 aliphatic carbocycles. The Balaban J connectivity index is 1.59. The van der Waals surface area contributed by atoms with E-state index in [-0.39, 0.29) is 12.3 Å². The summed E-state index contributed by atoms with van der Waals surface area (Å²) in [4.78, 5) is 25.5. The van der Waals surface area contributed by atoms with Gasteiger partial charge in [-0.15, -0.1) is 0 Å². The van der Waals surface area contributed by atoms with Crippen molar-refractivity contribution in [2.45, 2.75) is 13.2 Å². The van der Waals surface area contributed by atoms with Crippen LogP contribution in [0, 0.1) is 10.1 Å². The molecule has 0 radical (unpaired) electrons. The molecule has 25 heavy (non-hydrogen) atoms. The van der Waals surface area contributed by atoms with Crippen LogP contribution in [0.3, 0.4) is 0 Å². The van der Waals surface area contributed by atoms with Crippen molar-refractivity contribution in [1.29, 1.82) is 0 Å². The fourth-order valence-corrected chi connectivity index (χ4v) is 2.16. The Kier molecular flexibility index (Phi) is 4.79. The van der Waals surface area contributed by atoms with E-state index >= 15 is 0 Å². The highest BCUT2D eigenvalue weighted by Crippen LogP contribution is 2.15. The fourth-order valence-electron chi connectivity index (χ4n) is 2.16. The molecule has 0 amide bonds. The molecule has 0 aliphatic rings. The lowest BCUT2D eigenvalue weighted by molar-refractivity contribution is -0.394. The minimum absolute atomic E-state index is 0.120. The molecule has 2 aromatic carbocycles. The number of carbonyl (C=O) groups excluding carboxylic acids is 1. The zero-order valence-corrected chi connectivity index (χ0v) is 13.1. The van der Waals surface area contributed by atoms with Crippen molar-refractivity contribution in [1.82, 2.24) is 14.8 Å². The average molecular weight is 338 g/mol. The average Bonchev–Trinajstić information content (AvgIpc) is 3.10. The van der Waals surface area contributed by atoms with Crippen molar-refractivity contribution in [3.63, 3.8) is 0 Å². The normalized spacial score (nSPS) is 10.4. The SMILES string of the molecule is O=C(Cn1cnc([N+](=O)[O-])n1)c1ccc(OCc2ccccc2)cc1. The second-order valence-corrected chi connectivity index (χ2v) is 5.22. The first-order valence-electron chi connectivity index (χ1n) is 7.45. The van der Waals surface area contributed by atoms with Crippen molar-refractivity contribution in [2.24, 2.45) is 0 Å². The van der Waals surface area contributed by atoms with E-state index < -0.39 is 10.9 Å². The van der Waals surface area contributed by atoms with Crippen molar-refractivity contribution >= 4 is 11.7 Å². The number of nitrogens with zero attached hydrogens (tertiary/aromatic N) is 4. The van der Waals surface area contributed by atoms with E-state index in [1.165, 1.54) is 0 Å². The third kappa shape index (κ3) is 4.25. The number of ether oxygens (including phenoxy) is 1. The lowest BCUT2D eigenvalue weighted by Gasteiger charge is -2.07. The number of ketones is 1. The van der Waals surface area contributed by atoms with Crippen LogP contribution in [0.4, 0.5) is 5.95 Å². The molecule has 0 unspecified atom stereocenters. The van der Waals surface area contributed by atoms with Gasteiger partial charge in [0.1, 0.15) is 18.9 Å². The standard InChI is InChI=1S/C17H14N4O4/c22-16(10-20-12-18-17(19-20)21(23)24)14-6-8-15(9-7-14)25-11-13-4-2-1-3-5-13/h1-9,12H,10-11H2. The maximum atomic E-state index is 12.2. The highest BCUT2D eigenvalue weighted by molar-refractivity contribution is 5.95. The van der Waals surface area contributed by atoms with Gasteiger partial charge in [-0.1, -0.05) is 35.3 Å². The van der Waals surface area contributed by atoms with Crippen LogP contribution in [-0.2, 0) is 13.2 Å². The Hall–Kier alpha value is -3.55. The summed E-state index contributed by atoms with van der Waals surface area (Å²) >= 11 is 0. The second kappa shape index (κ2) is 7.35. The highest BCUT2D eigenvalue weighted by atomic mass is 16.6. The summed E-state index contributed by atoms with van der Waals surface area (Å²) < 4.78 is 6.80. The van der Waals surface area contributed by atoms with Gasteiger partial charge >= 0.3 is 5.95 Å². The van der Waals surface area contributed by atoms with Crippen LogP contribution < -0.4 is 4.74 Å². The second-order valence-electron chi connectivity index (χ2n) is 5.22. The lowest BCUT2D eigenvalue weighted by Crippen LogP contribution is -2.11. The Morgan fingerprint density at radius 3 is 2.48 bits per heavy atom. The van der Waals surface area contributed by atoms with Crippen molar-refractivity contribution in [3.05, 3.63) is 82.2 Å². The summed E-state index contributed by atoms with van der Waals surface area (Å²) in [7, 11) is 0. The maximum Gasteiger partial charge on any atom is 0.490 e. The topological polar surface area (TPSA) is 100 Å². The zero-order chi connectivity index (χ0) is 17.6. The molecule has 8 nitrogen and oxygen atoms in total. The van der Waals surface area contributed by atoms with Crippen LogP contribution in [0.25, 0.3) is 0 Å². The van der Waals surface area contributed by atoms with Gasteiger partial charge in [-0.3, -0.25) is 4.79 Å². The molecular weight excluding hydrogens is 324 g/mol. The van der Waals surface area contributed by atoms with Crippen LogP contribution in [0.2, 0.25) is 0 Å². The van der Waals surface area contributed by atoms with Crippen LogP contribution in [-0.4, -0.2) is 25.5 Å². The minimum Gasteiger partial charge on any atom is -0.489 e. The molecule has 0 fully saturated rings. The largest absolute Gasteiger partial charge is 0.490 e. The summed E-state index contributed by atoms with van der Waals surface area (Å²) in [5, 5.41) is 14.2. The van der Waals surface area contributed by atoms with Gasteiger partial charge in [0.05, 0.1) is 0 Å². The number of Topliss-reactive ketones (excluding diaryl/α,β-unsaturated/α-hetero) is 1. The Morgan fingerprint density at radius 1 is 1.12 bits per heavy atom. The van der Waals surface area contributed by atoms with Crippen LogP contribution in [0.1, 0.15) is 15.9 Å². The van der Waals surface area contributed by atoms with E-state index in [4.69, 9.17) is 4.74 Å². The van der Waals surface area contributed by atoms with Gasteiger partial charge in [-0.2, -0.15) is 4.68 Å². The molecule has 0 spiro atoms. The third-order valence-corrected chi connectivity index (χ3v) is 3.42. The van der Waals surface area contributed by atoms with Crippen LogP contribution >= 0.6 is 0 Å². The summed E-state index contributed by atoms with van der Waals surface area (Å²) in [6.45, 7) is 0.321. The molecule has 1 aromatic heterocycles. The van der Waals surface area contributed by atoms with Crippen LogP contribution in [0.15, 0.2) is 60.9 Å². The maximum absolute atomic E-state index is 12.2. The monoisotopic (exact) mass is 338 g/mol. The molecule has 126 valence electrons. The van der Waals surface area contributed by atoms with Gasteiger partial charge in [0, 0.05) is 10.7 Å². The molecule has 3 rings (SSSR count). The van der Waals surface area contributed by atoms with E-state index in [9.17, 15) is 14.9 Å². The predicted octanol–water partition coefficient (Wildman–Crippen LogP) is 2.65. The quantitative estimate of drug-likeness (QED) is 0.373. The van der Waals surface area contributed by atoms with Gasteiger partial charge in [0.15, 0.2) is 5.78 Å². The summed E-state index contributed by atoms with van der Waals surface area (Å²) in [6.07, 6.45) is 1.16. The van der Waals surface area contributed by atoms with Gasteiger partial charge in [-0.05, 0) is 34.8 Å². The first-order valence-corrected chi connectivity index (χ1v) is 7.45. The van der Waals surface area contributed by atoms with Gasteiger partial charge < -0.3 is 14.9 Å². The molecule has 0 N–H and O–H groups in total. The Morgan fingerprint density at radius 2 is 1.84 bits per heavy atom. The molecule has 0 bridgehead atoms. The van der Waals surface area contributed by atoms with Crippen molar-refractivity contribution < 1.29 is 14.5 Å². The minimum atomic E-state index is -0.708. The third-order valence-electron chi connectivity index (χ3n) is 3.42. The number of hydrogen-bond donors (Lipinski definition) is 0. The van der Waals surface area contributed by atoms with Gasteiger partial charge in [-0.25, -0.2) is 0 Å². The molecule has 0 saturated heterocycles. The van der Waals surface area contributed by atoms with E-state index in [0.717, 1.165) is 16.6 Å². The summed E-state index contributed by atoms with van der Waals surface area (Å²) in [5.41, 5.74) is 1.51. The predicted molar refractivity (Wildman–Crippen MR) is 88.2 cm³/mol. The summed E-state index contributed by atoms with van der Waals surface area (Å²) in [5.74, 6) is -0.108. The van der Waals surface area contributed by atoms with Gasteiger partial charge in [0.2, 0.25) is 6.33 Å². The van der Waals surface area contributed by atoms with Crippen molar-refractivity contribution in [2.75, 3.05) is 0 Å². The number of aromatic nitrogens is 3. The zero-order valence-electron chi connectivity index (χ0n) is 13.1. The van der Waals surface area contributed by atoms with Crippen molar-refractivity contribution in [3.8, 4) is 5.75 Å².